The maximum absolute atomic E-state index is 13.2. The number of nitro benzene ring substituents is 1. The average molecular weight is 596 g/mol. The number of nitro groups is 1. The number of esters is 1. The summed E-state index contributed by atoms with van der Waals surface area (Å²) in [6, 6.07) is 9.13. The molecule has 0 fully saturated rings. The van der Waals surface area contributed by atoms with E-state index < -0.39 is 61.2 Å². The van der Waals surface area contributed by atoms with Gasteiger partial charge in [0.15, 0.2) is 16.5 Å². The highest BCUT2D eigenvalue weighted by Gasteiger charge is 2.44. The molecule has 0 aliphatic rings. The standard InChI is InChI=1S/C24H26BrN3O8S/c1-6-24(5,35-17-13-11-16(25)12-14-17)21(22(30)26-15-20(29)36-23(2,3)4)27-37(33,34)19-10-8-7-9-18(19)28(31)32/h1,7-14,21,27H,15H2,2-5H3,(H,26,30)/t21-,24-/m1/s1. The van der Waals surface area contributed by atoms with Crippen molar-refractivity contribution in [3.05, 3.63) is 63.1 Å². The second-order valence-corrected chi connectivity index (χ2v) is 11.5. The van der Waals surface area contributed by atoms with Crippen molar-refractivity contribution in [1.82, 2.24) is 10.0 Å². The molecule has 37 heavy (non-hydrogen) atoms. The Bertz CT molecular complexity index is 1320. The number of ether oxygens (including phenoxy) is 2. The molecule has 0 bridgehead atoms. The molecule has 198 valence electrons. The van der Waals surface area contributed by atoms with Crippen LogP contribution in [-0.4, -0.2) is 49.0 Å². The van der Waals surface area contributed by atoms with Crippen molar-refractivity contribution in [1.29, 1.82) is 0 Å². The first kappa shape index (κ1) is 29.8. The van der Waals surface area contributed by atoms with Crippen LogP contribution in [0.1, 0.15) is 27.7 Å². The molecule has 0 spiro atoms. The van der Waals surface area contributed by atoms with Crippen LogP contribution in [0, 0.1) is 22.5 Å². The van der Waals surface area contributed by atoms with E-state index in [1.165, 1.54) is 31.2 Å². The molecule has 2 N–H and O–H groups in total. The van der Waals surface area contributed by atoms with Crippen molar-refractivity contribution in [2.45, 2.75) is 49.8 Å². The highest BCUT2D eigenvalue weighted by molar-refractivity contribution is 9.10. The van der Waals surface area contributed by atoms with Gasteiger partial charge in [0.1, 0.15) is 17.9 Å². The van der Waals surface area contributed by atoms with Crippen LogP contribution in [0.15, 0.2) is 57.9 Å². The van der Waals surface area contributed by atoms with E-state index in [4.69, 9.17) is 15.9 Å². The first-order valence-corrected chi connectivity index (χ1v) is 13.0. The number of carbonyl (C=O) groups is 2. The predicted molar refractivity (Wildman–Crippen MR) is 138 cm³/mol. The number of halogens is 1. The molecule has 2 rings (SSSR count). The number of hydrogen-bond acceptors (Lipinski definition) is 8. The molecule has 0 aromatic heterocycles. The maximum Gasteiger partial charge on any atom is 0.325 e. The van der Waals surface area contributed by atoms with Crippen molar-refractivity contribution < 1.29 is 32.4 Å². The molecule has 0 aliphatic carbocycles. The Hall–Kier alpha value is -3.47. The van der Waals surface area contributed by atoms with Crippen LogP contribution in [-0.2, 0) is 24.3 Å². The smallest absolute Gasteiger partial charge is 0.325 e. The zero-order valence-electron chi connectivity index (χ0n) is 20.5. The van der Waals surface area contributed by atoms with Crippen LogP contribution >= 0.6 is 15.9 Å². The third kappa shape index (κ3) is 8.28. The SMILES string of the molecule is C#C[C@@](C)(Oc1ccc(Br)cc1)[C@H](NS(=O)(=O)c1ccccc1[N+](=O)[O-])C(=O)NCC(=O)OC(C)(C)C. The minimum absolute atomic E-state index is 0.207. The number of para-hydroxylation sites is 1. The molecule has 0 saturated carbocycles. The number of amides is 1. The fourth-order valence-corrected chi connectivity index (χ4v) is 4.74. The van der Waals surface area contributed by atoms with Gasteiger partial charge in [-0.1, -0.05) is 34.0 Å². The number of nitrogens with one attached hydrogen (secondary N) is 2. The van der Waals surface area contributed by atoms with Gasteiger partial charge in [-0.15, -0.1) is 6.42 Å². The average Bonchev–Trinajstić information content (AvgIpc) is 2.81. The van der Waals surface area contributed by atoms with Crippen LogP contribution in [0.5, 0.6) is 5.75 Å². The molecule has 2 aromatic carbocycles. The second kappa shape index (κ2) is 11.7. The van der Waals surface area contributed by atoms with E-state index in [0.717, 1.165) is 16.6 Å². The highest BCUT2D eigenvalue weighted by atomic mass is 79.9. The van der Waals surface area contributed by atoms with Crippen molar-refractivity contribution >= 4 is 43.5 Å². The minimum atomic E-state index is -4.69. The lowest BCUT2D eigenvalue weighted by molar-refractivity contribution is -0.387. The first-order chi connectivity index (χ1) is 17.1. The van der Waals surface area contributed by atoms with Crippen LogP contribution < -0.4 is 14.8 Å². The summed E-state index contributed by atoms with van der Waals surface area (Å²) in [5.74, 6) is 0.692. The Balaban J connectivity index is 2.47. The van der Waals surface area contributed by atoms with E-state index in [9.17, 15) is 28.1 Å². The summed E-state index contributed by atoms with van der Waals surface area (Å²) >= 11 is 3.28. The lowest BCUT2D eigenvalue weighted by atomic mass is 9.97. The van der Waals surface area contributed by atoms with Crippen LogP contribution in [0.4, 0.5) is 5.69 Å². The Morgan fingerprint density at radius 3 is 2.27 bits per heavy atom. The molecular formula is C24H26BrN3O8S. The predicted octanol–water partition coefficient (Wildman–Crippen LogP) is 2.93. The third-order valence-electron chi connectivity index (χ3n) is 4.69. The van der Waals surface area contributed by atoms with Gasteiger partial charge in [-0.3, -0.25) is 19.7 Å². The van der Waals surface area contributed by atoms with E-state index >= 15 is 0 Å². The highest BCUT2D eigenvalue weighted by Crippen LogP contribution is 2.27. The van der Waals surface area contributed by atoms with E-state index in [0.29, 0.717) is 0 Å². The topological polar surface area (TPSA) is 154 Å². The fourth-order valence-electron chi connectivity index (χ4n) is 3.03. The van der Waals surface area contributed by atoms with Crippen molar-refractivity contribution in [3.63, 3.8) is 0 Å². The summed E-state index contributed by atoms with van der Waals surface area (Å²) in [6.07, 6.45) is 5.70. The first-order valence-electron chi connectivity index (χ1n) is 10.8. The van der Waals surface area contributed by atoms with E-state index in [-0.39, 0.29) is 5.75 Å². The number of terminal acetylenes is 1. The Morgan fingerprint density at radius 1 is 1.14 bits per heavy atom. The lowest BCUT2D eigenvalue weighted by Crippen LogP contribution is -2.61. The molecule has 0 aliphatic heterocycles. The monoisotopic (exact) mass is 595 g/mol. The number of hydrogen-bond donors (Lipinski definition) is 2. The number of benzene rings is 2. The number of rotatable bonds is 10. The van der Waals surface area contributed by atoms with E-state index in [2.05, 4.69) is 31.9 Å². The van der Waals surface area contributed by atoms with Gasteiger partial charge in [-0.05, 0) is 58.0 Å². The van der Waals surface area contributed by atoms with Gasteiger partial charge in [-0.25, -0.2) is 8.42 Å². The van der Waals surface area contributed by atoms with Gasteiger partial charge in [0.25, 0.3) is 5.69 Å². The zero-order chi connectivity index (χ0) is 28.0. The van der Waals surface area contributed by atoms with Crippen molar-refractivity contribution in [2.24, 2.45) is 0 Å². The number of sulfonamides is 1. The van der Waals surface area contributed by atoms with Gasteiger partial charge < -0.3 is 14.8 Å². The number of carbonyl (C=O) groups excluding carboxylic acids is 2. The van der Waals surface area contributed by atoms with Gasteiger partial charge in [0.05, 0.1) is 4.92 Å². The molecule has 0 heterocycles. The molecule has 0 saturated heterocycles. The molecule has 0 unspecified atom stereocenters. The Labute approximate surface area is 223 Å². The van der Waals surface area contributed by atoms with E-state index in [1.54, 1.807) is 32.9 Å². The lowest BCUT2D eigenvalue weighted by Gasteiger charge is -2.33. The fraction of sp³-hybridized carbons (Fsp3) is 0.333. The Kier molecular flexibility index (Phi) is 9.43. The largest absolute Gasteiger partial charge is 0.473 e. The molecule has 1 amide bonds. The molecule has 0 radical (unpaired) electrons. The summed E-state index contributed by atoms with van der Waals surface area (Å²) in [7, 11) is -4.69. The summed E-state index contributed by atoms with van der Waals surface area (Å²) in [4.78, 5) is 35.2. The number of nitrogens with zero attached hydrogens (tertiary/aromatic N) is 1. The molecule has 11 nitrogen and oxygen atoms in total. The summed E-state index contributed by atoms with van der Waals surface area (Å²) in [5.41, 5.74) is -3.48. The van der Waals surface area contributed by atoms with Gasteiger partial charge in [0.2, 0.25) is 15.9 Å². The normalized spacial score (nSPS) is 13.9. The maximum atomic E-state index is 13.2. The van der Waals surface area contributed by atoms with Crippen LogP contribution in [0.25, 0.3) is 0 Å². The summed E-state index contributed by atoms with van der Waals surface area (Å²) in [6.45, 7) is 5.60. The molecule has 2 atom stereocenters. The third-order valence-corrected chi connectivity index (χ3v) is 6.69. The van der Waals surface area contributed by atoms with Crippen LogP contribution in [0.2, 0.25) is 0 Å². The van der Waals surface area contributed by atoms with Crippen LogP contribution in [0.3, 0.4) is 0 Å². The zero-order valence-corrected chi connectivity index (χ0v) is 22.9. The van der Waals surface area contributed by atoms with Gasteiger partial charge in [0, 0.05) is 10.5 Å². The van der Waals surface area contributed by atoms with Gasteiger partial charge >= 0.3 is 5.97 Å². The molecular weight excluding hydrogens is 570 g/mol. The summed E-state index contributed by atoms with van der Waals surface area (Å²) < 4.78 is 40.3. The van der Waals surface area contributed by atoms with Gasteiger partial charge in [-0.2, -0.15) is 4.72 Å². The minimum Gasteiger partial charge on any atom is -0.473 e. The molecule has 13 heteroatoms. The molecule has 2 aromatic rings. The Morgan fingerprint density at radius 2 is 1.73 bits per heavy atom. The second-order valence-electron chi connectivity index (χ2n) is 8.89. The van der Waals surface area contributed by atoms with Crippen molar-refractivity contribution in [3.8, 4) is 18.1 Å². The quantitative estimate of drug-likeness (QED) is 0.184. The van der Waals surface area contributed by atoms with E-state index in [1.807, 2.05) is 0 Å². The van der Waals surface area contributed by atoms with Crippen molar-refractivity contribution in [2.75, 3.05) is 6.54 Å². The summed E-state index contributed by atoms with van der Waals surface area (Å²) in [5, 5.41) is 13.7.